The van der Waals surface area contributed by atoms with E-state index in [2.05, 4.69) is 42.2 Å². The predicted octanol–water partition coefficient (Wildman–Crippen LogP) is 5.78. The van der Waals surface area contributed by atoms with Crippen LogP contribution in [0, 0.1) is 10.1 Å². The van der Waals surface area contributed by atoms with Crippen molar-refractivity contribution in [2.24, 2.45) is 4.99 Å². The van der Waals surface area contributed by atoms with Crippen LogP contribution in [0.4, 0.5) is 11.4 Å². The Bertz CT molecular complexity index is 1490. The van der Waals surface area contributed by atoms with Crippen LogP contribution >= 0.6 is 43.6 Å². The molecule has 1 saturated heterocycles. The highest BCUT2D eigenvalue weighted by Crippen LogP contribution is 2.33. The molecule has 1 N–H and O–H groups in total. The van der Waals surface area contributed by atoms with Gasteiger partial charge in [-0.2, -0.15) is 8.42 Å². The van der Waals surface area contributed by atoms with Crippen LogP contribution in [0.1, 0.15) is 5.56 Å². The topological polar surface area (TPSA) is 128 Å². The maximum absolute atomic E-state index is 12.8. The Morgan fingerprint density at radius 3 is 2.31 bits per heavy atom. The zero-order chi connectivity index (χ0) is 25.2. The summed E-state index contributed by atoms with van der Waals surface area (Å²) in [6.45, 7) is 0. The second-order valence-electron chi connectivity index (χ2n) is 6.93. The maximum atomic E-state index is 12.8. The normalized spacial score (nSPS) is 15.9. The zero-order valence-corrected chi connectivity index (χ0v) is 22.1. The third kappa shape index (κ3) is 6.17. The van der Waals surface area contributed by atoms with Gasteiger partial charge in [-0.3, -0.25) is 14.9 Å². The smallest absolute Gasteiger partial charge is 0.339 e. The zero-order valence-electron chi connectivity index (χ0n) is 17.3. The summed E-state index contributed by atoms with van der Waals surface area (Å²) in [6, 6.07) is 16.2. The van der Waals surface area contributed by atoms with Gasteiger partial charge in [0.2, 0.25) is 0 Å². The number of aliphatic imine (C=N–C) groups is 1. The minimum Gasteiger partial charge on any atom is -0.378 e. The molecule has 0 radical (unpaired) electrons. The Morgan fingerprint density at radius 2 is 1.66 bits per heavy atom. The number of nitro benzene ring substituents is 1. The number of nitrogens with one attached hydrogen (secondary N) is 1. The fourth-order valence-corrected chi connectivity index (χ4v) is 5.29. The van der Waals surface area contributed by atoms with Crippen LogP contribution in [0.25, 0.3) is 6.08 Å². The molecule has 1 fully saturated rings. The number of hydrogen-bond donors (Lipinski definition) is 1. The summed E-state index contributed by atoms with van der Waals surface area (Å²) < 4.78 is 32.4. The number of benzene rings is 3. The molecule has 3 aromatic carbocycles. The molecule has 35 heavy (non-hydrogen) atoms. The number of amidine groups is 1. The van der Waals surface area contributed by atoms with E-state index in [1.165, 1.54) is 12.1 Å². The third-order valence-corrected chi connectivity index (χ3v) is 7.68. The van der Waals surface area contributed by atoms with Crippen molar-refractivity contribution in [3.8, 4) is 5.75 Å². The molecule has 0 unspecified atom stereocenters. The van der Waals surface area contributed by atoms with Crippen LogP contribution in [0.5, 0.6) is 5.75 Å². The van der Waals surface area contributed by atoms with Gasteiger partial charge in [-0.1, -0.05) is 31.9 Å². The number of nitrogens with zero attached hydrogens (tertiary/aromatic N) is 2. The molecule has 178 valence electrons. The summed E-state index contributed by atoms with van der Waals surface area (Å²) in [6.07, 6.45) is 1.50. The predicted molar refractivity (Wildman–Crippen MR) is 140 cm³/mol. The van der Waals surface area contributed by atoms with E-state index in [9.17, 15) is 23.3 Å². The summed E-state index contributed by atoms with van der Waals surface area (Å²) in [7, 11) is -4.30. The van der Waals surface area contributed by atoms with Crippen molar-refractivity contribution < 1.29 is 22.3 Å². The molecule has 0 spiro atoms. The van der Waals surface area contributed by atoms with Gasteiger partial charge in [0, 0.05) is 26.6 Å². The van der Waals surface area contributed by atoms with Gasteiger partial charge in [0.05, 0.1) is 15.5 Å². The van der Waals surface area contributed by atoms with Gasteiger partial charge >= 0.3 is 10.1 Å². The van der Waals surface area contributed by atoms with Crippen LogP contribution in [0.2, 0.25) is 0 Å². The van der Waals surface area contributed by atoms with Crippen molar-refractivity contribution in [3.05, 3.63) is 96.3 Å². The first-order valence-corrected chi connectivity index (χ1v) is 13.5. The molecule has 13 heteroatoms. The average Bonchev–Trinajstić information content (AvgIpc) is 3.15. The van der Waals surface area contributed by atoms with Crippen LogP contribution in [0.15, 0.2) is 90.5 Å². The highest BCUT2D eigenvalue weighted by Gasteiger charge is 2.25. The van der Waals surface area contributed by atoms with Crippen LogP contribution in [-0.4, -0.2) is 24.4 Å². The molecule has 0 aliphatic carbocycles. The summed E-state index contributed by atoms with van der Waals surface area (Å²) in [5.41, 5.74) is 0.730. The van der Waals surface area contributed by atoms with Gasteiger partial charge in [-0.25, -0.2) is 4.99 Å². The van der Waals surface area contributed by atoms with Crippen molar-refractivity contribution >= 4 is 82.3 Å². The van der Waals surface area contributed by atoms with Gasteiger partial charge in [0.1, 0.15) is 10.6 Å². The number of hydrogen-bond acceptors (Lipinski definition) is 8. The highest BCUT2D eigenvalue weighted by molar-refractivity contribution is 9.10. The van der Waals surface area contributed by atoms with E-state index in [0.29, 0.717) is 20.9 Å². The van der Waals surface area contributed by atoms with Crippen molar-refractivity contribution in [2.75, 3.05) is 0 Å². The van der Waals surface area contributed by atoms with Crippen LogP contribution < -0.4 is 9.50 Å². The summed E-state index contributed by atoms with van der Waals surface area (Å²) in [5, 5.41) is 13.9. The van der Waals surface area contributed by atoms with Crippen molar-refractivity contribution in [1.82, 2.24) is 5.32 Å². The second kappa shape index (κ2) is 10.3. The van der Waals surface area contributed by atoms with E-state index in [1.807, 2.05) is 12.1 Å². The van der Waals surface area contributed by atoms with Crippen molar-refractivity contribution in [2.45, 2.75) is 4.90 Å². The van der Waals surface area contributed by atoms with Gasteiger partial charge in [0.15, 0.2) is 5.17 Å². The monoisotopic (exact) mass is 637 g/mol. The molecular formula is C22H13Br2N3O6S2. The number of amides is 1. The summed E-state index contributed by atoms with van der Waals surface area (Å²) in [4.78, 5) is 27.1. The number of rotatable bonds is 6. The Hall–Kier alpha value is -3.00. The molecule has 0 saturated carbocycles. The number of thioether (sulfide) groups is 1. The Labute approximate surface area is 220 Å². The number of nitro groups is 1. The fraction of sp³-hybridized carbons (Fsp3) is 0. The quantitative estimate of drug-likeness (QED) is 0.157. The van der Waals surface area contributed by atoms with Crippen LogP contribution in [-0.2, 0) is 14.9 Å². The minimum atomic E-state index is -4.30. The summed E-state index contributed by atoms with van der Waals surface area (Å²) >= 11 is 7.79. The minimum absolute atomic E-state index is 0.0225. The van der Waals surface area contributed by atoms with E-state index in [4.69, 9.17) is 4.18 Å². The molecule has 4 rings (SSSR count). The lowest BCUT2D eigenvalue weighted by molar-refractivity contribution is -0.384. The summed E-state index contributed by atoms with van der Waals surface area (Å²) in [5.74, 6) is -0.416. The highest BCUT2D eigenvalue weighted by atomic mass is 79.9. The molecule has 0 atom stereocenters. The maximum Gasteiger partial charge on any atom is 0.339 e. The molecule has 0 aromatic heterocycles. The van der Waals surface area contributed by atoms with Crippen LogP contribution in [0.3, 0.4) is 0 Å². The van der Waals surface area contributed by atoms with Gasteiger partial charge in [0.25, 0.3) is 11.6 Å². The number of non-ortho nitro benzene ring substituents is 1. The van der Waals surface area contributed by atoms with Crippen molar-refractivity contribution in [1.29, 1.82) is 0 Å². The molecule has 1 aliphatic rings. The first-order valence-electron chi connectivity index (χ1n) is 9.64. The molecule has 0 bridgehead atoms. The molecule has 1 aliphatic heterocycles. The van der Waals surface area contributed by atoms with E-state index in [-0.39, 0.29) is 21.2 Å². The first-order chi connectivity index (χ1) is 16.6. The standard InChI is InChI=1S/C22H13Br2N3O6S2/c23-14-1-4-16(5-2-14)25-22-26-21(28)20(34-22)12-13-11-15(24)3-10-19(13)33-35(31,32)18-8-6-17(7-9-18)27(29)30/h1-12H,(H,25,26,28)/b20-12+. The Kier molecular flexibility index (Phi) is 7.40. The second-order valence-corrected chi connectivity index (χ2v) is 11.3. The molecule has 9 nitrogen and oxygen atoms in total. The number of carbonyl (C=O) groups excluding carboxylic acids is 1. The van der Waals surface area contributed by atoms with E-state index in [1.54, 1.807) is 24.3 Å². The fourth-order valence-electron chi connectivity index (χ4n) is 2.86. The lowest BCUT2D eigenvalue weighted by Crippen LogP contribution is -2.19. The SMILES string of the molecule is O=C1NC(=Nc2ccc(Br)cc2)S/C1=C/c1cc(Br)ccc1OS(=O)(=O)c1ccc([N+](=O)[O-])cc1. The first kappa shape index (κ1) is 25.1. The van der Waals surface area contributed by atoms with E-state index >= 15 is 0 Å². The van der Waals surface area contributed by atoms with E-state index in [0.717, 1.165) is 40.5 Å². The van der Waals surface area contributed by atoms with Gasteiger partial charge in [-0.15, -0.1) is 0 Å². The molecular weight excluding hydrogens is 626 g/mol. The number of carbonyl (C=O) groups is 1. The number of halogens is 2. The Morgan fingerprint density at radius 1 is 1.00 bits per heavy atom. The largest absolute Gasteiger partial charge is 0.378 e. The molecule has 1 heterocycles. The van der Waals surface area contributed by atoms with Crippen molar-refractivity contribution in [3.63, 3.8) is 0 Å². The molecule has 3 aromatic rings. The lowest BCUT2D eigenvalue weighted by atomic mass is 10.2. The average molecular weight is 639 g/mol. The molecule has 1 amide bonds. The Balaban J connectivity index is 1.61. The van der Waals surface area contributed by atoms with Gasteiger partial charge < -0.3 is 9.50 Å². The lowest BCUT2D eigenvalue weighted by Gasteiger charge is -2.10. The van der Waals surface area contributed by atoms with E-state index < -0.39 is 20.9 Å². The third-order valence-electron chi connectivity index (χ3n) is 4.50. The van der Waals surface area contributed by atoms with Gasteiger partial charge in [-0.05, 0) is 72.4 Å².